The third-order valence-electron chi connectivity index (χ3n) is 6.06. The van der Waals surface area contributed by atoms with Crippen LogP contribution in [0.2, 0.25) is 0 Å². The summed E-state index contributed by atoms with van der Waals surface area (Å²) in [6, 6.07) is 25.2. The van der Waals surface area contributed by atoms with Gasteiger partial charge in [0.25, 0.3) is 5.91 Å². The number of nitrogens with one attached hydrogen (secondary N) is 1. The van der Waals surface area contributed by atoms with Gasteiger partial charge in [0.1, 0.15) is 0 Å². The Bertz CT molecular complexity index is 1270. The SMILES string of the molecule is O=C(COC(=O)c1c2ccccc2cc2ccccc12)Nc1ccc(CN2CCOCC2)cc1. The Balaban J connectivity index is 1.23. The number of carbonyl (C=O) groups is 2. The highest BCUT2D eigenvalue weighted by atomic mass is 16.5. The van der Waals surface area contributed by atoms with Gasteiger partial charge in [0.15, 0.2) is 6.61 Å². The molecule has 1 fully saturated rings. The van der Waals surface area contributed by atoms with E-state index in [9.17, 15) is 9.59 Å². The summed E-state index contributed by atoms with van der Waals surface area (Å²) in [7, 11) is 0. The van der Waals surface area contributed by atoms with Crippen molar-refractivity contribution >= 4 is 39.1 Å². The molecule has 0 radical (unpaired) electrons. The predicted molar refractivity (Wildman–Crippen MR) is 133 cm³/mol. The zero-order valence-electron chi connectivity index (χ0n) is 18.8. The largest absolute Gasteiger partial charge is 0.452 e. The zero-order valence-corrected chi connectivity index (χ0v) is 18.8. The third-order valence-corrected chi connectivity index (χ3v) is 6.06. The molecule has 172 valence electrons. The first-order chi connectivity index (χ1) is 16.7. The highest BCUT2D eigenvalue weighted by Gasteiger charge is 2.17. The van der Waals surface area contributed by atoms with E-state index in [0.29, 0.717) is 11.3 Å². The minimum absolute atomic E-state index is 0.355. The predicted octanol–water partition coefficient (Wildman–Crippen LogP) is 4.62. The molecule has 0 atom stereocenters. The fraction of sp³-hybridized carbons (Fsp3) is 0.214. The molecule has 0 spiro atoms. The fourth-order valence-electron chi connectivity index (χ4n) is 4.34. The van der Waals surface area contributed by atoms with Crippen molar-refractivity contribution < 1.29 is 19.1 Å². The summed E-state index contributed by atoms with van der Waals surface area (Å²) >= 11 is 0. The van der Waals surface area contributed by atoms with Crippen LogP contribution < -0.4 is 5.32 Å². The molecule has 5 rings (SSSR count). The number of hydrogen-bond acceptors (Lipinski definition) is 5. The molecule has 1 N–H and O–H groups in total. The Kier molecular flexibility index (Phi) is 6.51. The summed E-state index contributed by atoms with van der Waals surface area (Å²) < 4.78 is 10.8. The Morgan fingerprint density at radius 1 is 0.853 bits per heavy atom. The molecule has 6 heteroatoms. The summed E-state index contributed by atoms with van der Waals surface area (Å²) in [5.41, 5.74) is 2.32. The van der Waals surface area contributed by atoms with Gasteiger partial charge in [-0.05, 0) is 45.3 Å². The number of hydrogen-bond donors (Lipinski definition) is 1. The van der Waals surface area contributed by atoms with Gasteiger partial charge in [-0.1, -0.05) is 60.7 Å². The van der Waals surface area contributed by atoms with E-state index in [1.54, 1.807) is 0 Å². The first-order valence-electron chi connectivity index (χ1n) is 11.4. The number of rotatable bonds is 6. The van der Waals surface area contributed by atoms with Crippen molar-refractivity contribution in [2.75, 3.05) is 38.2 Å². The molecule has 0 saturated carbocycles. The average Bonchev–Trinajstić information content (AvgIpc) is 2.87. The van der Waals surface area contributed by atoms with Crippen LogP contribution >= 0.6 is 0 Å². The maximum absolute atomic E-state index is 13.0. The van der Waals surface area contributed by atoms with E-state index in [2.05, 4.69) is 16.3 Å². The molecule has 0 aromatic heterocycles. The summed E-state index contributed by atoms with van der Waals surface area (Å²) in [6.45, 7) is 3.88. The topological polar surface area (TPSA) is 67.9 Å². The van der Waals surface area contributed by atoms with Crippen molar-refractivity contribution in [2.24, 2.45) is 0 Å². The lowest BCUT2D eigenvalue weighted by Gasteiger charge is -2.26. The van der Waals surface area contributed by atoms with E-state index in [0.717, 1.165) is 54.4 Å². The average molecular weight is 455 g/mol. The number of benzene rings is 4. The molecule has 4 aromatic carbocycles. The molecule has 6 nitrogen and oxygen atoms in total. The number of anilines is 1. The molecular formula is C28H26N2O4. The summed E-state index contributed by atoms with van der Waals surface area (Å²) in [4.78, 5) is 27.9. The van der Waals surface area contributed by atoms with Crippen molar-refractivity contribution in [1.29, 1.82) is 0 Å². The van der Waals surface area contributed by atoms with Crippen LogP contribution in [0, 0.1) is 0 Å². The fourth-order valence-corrected chi connectivity index (χ4v) is 4.34. The van der Waals surface area contributed by atoms with Gasteiger partial charge < -0.3 is 14.8 Å². The van der Waals surface area contributed by atoms with E-state index in [1.165, 1.54) is 5.56 Å². The normalized spacial score (nSPS) is 14.2. The minimum atomic E-state index is -0.510. The summed E-state index contributed by atoms with van der Waals surface area (Å²) in [5, 5.41) is 6.33. The van der Waals surface area contributed by atoms with Crippen LogP contribution in [0.4, 0.5) is 5.69 Å². The zero-order chi connectivity index (χ0) is 23.3. The second-order valence-corrected chi connectivity index (χ2v) is 8.40. The van der Waals surface area contributed by atoms with E-state index in [-0.39, 0.29) is 12.5 Å². The van der Waals surface area contributed by atoms with Crippen LogP contribution in [0.3, 0.4) is 0 Å². The van der Waals surface area contributed by atoms with Crippen molar-refractivity contribution in [2.45, 2.75) is 6.54 Å². The molecule has 0 bridgehead atoms. The van der Waals surface area contributed by atoms with Crippen LogP contribution in [-0.2, 0) is 20.8 Å². The standard InChI is InChI=1S/C28H26N2O4/c31-26(29-23-11-9-20(10-12-23)18-30-13-15-33-16-14-30)19-34-28(32)27-24-7-3-1-5-21(24)17-22-6-2-4-8-25(22)27/h1-12,17H,13-16,18-19H2,(H,29,31). The highest BCUT2D eigenvalue weighted by molar-refractivity contribution is 6.16. The van der Waals surface area contributed by atoms with Crippen LogP contribution in [-0.4, -0.2) is 49.7 Å². The first-order valence-corrected chi connectivity index (χ1v) is 11.4. The van der Waals surface area contributed by atoms with Gasteiger partial charge in [-0.3, -0.25) is 9.69 Å². The number of carbonyl (C=O) groups excluding carboxylic acids is 2. The summed E-state index contributed by atoms with van der Waals surface area (Å²) in [6.07, 6.45) is 0. The number of ether oxygens (including phenoxy) is 2. The number of esters is 1. The van der Waals surface area contributed by atoms with Gasteiger partial charge in [0, 0.05) is 25.3 Å². The monoisotopic (exact) mass is 454 g/mol. The Morgan fingerprint density at radius 3 is 2.12 bits per heavy atom. The van der Waals surface area contributed by atoms with E-state index < -0.39 is 5.97 Å². The van der Waals surface area contributed by atoms with Crippen LogP contribution in [0.25, 0.3) is 21.5 Å². The first kappa shape index (κ1) is 22.1. The Morgan fingerprint density at radius 2 is 1.47 bits per heavy atom. The second kappa shape index (κ2) is 10.0. The molecular weight excluding hydrogens is 428 g/mol. The maximum atomic E-state index is 13.0. The lowest BCUT2D eigenvalue weighted by molar-refractivity contribution is -0.119. The van der Waals surface area contributed by atoms with Gasteiger partial charge in [0.05, 0.1) is 18.8 Å². The van der Waals surface area contributed by atoms with E-state index >= 15 is 0 Å². The van der Waals surface area contributed by atoms with Crippen molar-refractivity contribution in [1.82, 2.24) is 4.90 Å². The van der Waals surface area contributed by atoms with Gasteiger partial charge in [-0.25, -0.2) is 4.79 Å². The minimum Gasteiger partial charge on any atom is -0.452 e. The second-order valence-electron chi connectivity index (χ2n) is 8.40. The van der Waals surface area contributed by atoms with Gasteiger partial charge in [0.2, 0.25) is 0 Å². The lowest BCUT2D eigenvalue weighted by Crippen LogP contribution is -2.35. The maximum Gasteiger partial charge on any atom is 0.339 e. The number of amides is 1. The summed E-state index contributed by atoms with van der Waals surface area (Å²) in [5.74, 6) is -0.886. The smallest absolute Gasteiger partial charge is 0.339 e. The van der Waals surface area contributed by atoms with Gasteiger partial charge in [-0.15, -0.1) is 0 Å². The molecule has 1 aliphatic rings. The third kappa shape index (κ3) is 4.93. The highest BCUT2D eigenvalue weighted by Crippen LogP contribution is 2.29. The van der Waals surface area contributed by atoms with Gasteiger partial charge >= 0.3 is 5.97 Å². The molecule has 1 aliphatic heterocycles. The number of fused-ring (bicyclic) bond motifs is 2. The van der Waals surface area contributed by atoms with E-state index in [1.807, 2.05) is 72.8 Å². The van der Waals surface area contributed by atoms with Crippen molar-refractivity contribution in [3.63, 3.8) is 0 Å². The van der Waals surface area contributed by atoms with E-state index in [4.69, 9.17) is 9.47 Å². The van der Waals surface area contributed by atoms with Gasteiger partial charge in [-0.2, -0.15) is 0 Å². The van der Waals surface area contributed by atoms with Crippen molar-refractivity contribution in [3.8, 4) is 0 Å². The number of morpholine rings is 1. The molecule has 1 amide bonds. The molecule has 4 aromatic rings. The molecule has 1 heterocycles. The van der Waals surface area contributed by atoms with Crippen LogP contribution in [0.15, 0.2) is 78.9 Å². The van der Waals surface area contributed by atoms with Crippen LogP contribution in [0.5, 0.6) is 0 Å². The number of nitrogens with zero attached hydrogens (tertiary/aromatic N) is 1. The van der Waals surface area contributed by atoms with Crippen molar-refractivity contribution in [3.05, 3.63) is 90.0 Å². The molecule has 0 unspecified atom stereocenters. The lowest BCUT2D eigenvalue weighted by atomic mass is 9.97. The van der Waals surface area contributed by atoms with Crippen LogP contribution in [0.1, 0.15) is 15.9 Å². The molecule has 0 aliphatic carbocycles. The Hall–Kier alpha value is -3.74. The molecule has 1 saturated heterocycles. The quantitative estimate of drug-likeness (QED) is 0.340. The Labute approximate surface area is 198 Å². The molecule has 34 heavy (non-hydrogen) atoms.